The van der Waals surface area contributed by atoms with Gasteiger partial charge in [-0.1, -0.05) is 17.5 Å². The lowest BCUT2D eigenvalue weighted by Gasteiger charge is -2.23. The van der Waals surface area contributed by atoms with Crippen LogP contribution in [-0.2, 0) is 0 Å². The Bertz CT molecular complexity index is 289. The molecule has 90 valence electrons. The van der Waals surface area contributed by atoms with Crippen LogP contribution in [0, 0.1) is 0 Å². The van der Waals surface area contributed by atoms with Crippen LogP contribution in [0.1, 0.15) is 46.0 Å². The second kappa shape index (κ2) is 6.95. The van der Waals surface area contributed by atoms with Crippen LogP contribution in [0.2, 0.25) is 6.32 Å². The molecule has 0 saturated carbocycles. The summed E-state index contributed by atoms with van der Waals surface area (Å²) in [7, 11) is 4.31. The van der Waals surface area contributed by atoms with Gasteiger partial charge in [0.25, 0.3) is 0 Å². The number of allylic oxidation sites excluding steroid dienone is 4. The summed E-state index contributed by atoms with van der Waals surface area (Å²) < 4.78 is 0. The second-order valence-corrected chi connectivity index (χ2v) is 4.91. The molecule has 0 unspecified atom stereocenters. The van der Waals surface area contributed by atoms with Gasteiger partial charge in [0.1, 0.15) is 7.85 Å². The number of hydrogen-bond acceptors (Lipinski definition) is 1. The fourth-order valence-corrected chi connectivity index (χ4v) is 2.61. The van der Waals surface area contributed by atoms with E-state index in [-0.39, 0.29) is 0 Å². The van der Waals surface area contributed by atoms with Crippen LogP contribution < -0.4 is 5.32 Å². The Balaban J connectivity index is 2.65. The molecule has 1 aliphatic carbocycles. The van der Waals surface area contributed by atoms with Crippen molar-refractivity contribution in [2.75, 3.05) is 13.6 Å². The molecule has 0 aromatic rings. The van der Waals surface area contributed by atoms with Crippen molar-refractivity contribution in [2.45, 2.75) is 52.3 Å². The molecule has 0 atom stereocenters. The molecule has 1 N–H and O–H groups in total. The smallest absolute Gasteiger partial charge is 0.101 e. The highest BCUT2D eigenvalue weighted by molar-refractivity contribution is 6.08. The molecule has 0 amide bonds. The third-order valence-electron chi connectivity index (χ3n) is 3.81. The van der Waals surface area contributed by atoms with Crippen molar-refractivity contribution in [1.29, 1.82) is 0 Å². The van der Waals surface area contributed by atoms with Crippen LogP contribution in [-0.4, -0.2) is 21.4 Å². The summed E-state index contributed by atoms with van der Waals surface area (Å²) in [4.78, 5) is 0. The molecular weight excluding hydrogens is 193 g/mol. The lowest BCUT2D eigenvalue weighted by atomic mass is 9.82. The van der Waals surface area contributed by atoms with E-state index in [2.05, 4.69) is 27.0 Å². The molecule has 1 aliphatic rings. The highest BCUT2D eigenvalue weighted by Gasteiger charge is 2.14. The first-order chi connectivity index (χ1) is 7.70. The zero-order chi connectivity index (χ0) is 12.0. The highest BCUT2D eigenvalue weighted by Crippen LogP contribution is 2.33. The molecule has 0 aromatic carbocycles. The molecule has 0 aromatic heterocycles. The predicted molar refractivity (Wildman–Crippen MR) is 75.8 cm³/mol. The minimum absolute atomic E-state index is 1.14. The third kappa shape index (κ3) is 3.52. The average molecular weight is 219 g/mol. The van der Waals surface area contributed by atoms with Gasteiger partial charge < -0.3 is 5.32 Å². The molecule has 0 saturated heterocycles. The zero-order valence-corrected chi connectivity index (χ0v) is 11.4. The van der Waals surface area contributed by atoms with Crippen molar-refractivity contribution < 1.29 is 0 Å². The van der Waals surface area contributed by atoms with E-state index in [0.29, 0.717) is 0 Å². The molecule has 1 nitrogen and oxygen atoms in total. The van der Waals surface area contributed by atoms with Gasteiger partial charge in [-0.3, -0.25) is 0 Å². The van der Waals surface area contributed by atoms with Gasteiger partial charge in [0.05, 0.1) is 0 Å². The Kier molecular flexibility index (Phi) is 5.90. The van der Waals surface area contributed by atoms with E-state index in [1.807, 2.05) is 7.05 Å². The maximum Gasteiger partial charge on any atom is 0.101 e. The Morgan fingerprint density at radius 2 is 1.62 bits per heavy atom. The number of nitrogens with one attached hydrogen (secondary N) is 1. The SMILES string of the molecule is BCCC1=C(C)C(C)=C(CCCNC)CC1. The Morgan fingerprint density at radius 1 is 1.06 bits per heavy atom. The molecule has 16 heavy (non-hydrogen) atoms. The first-order valence-electron chi connectivity index (χ1n) is 6.72. The van der Waals surface area contributed by atoms with Crippen LogP contribution >= 0.6 is 0 Å². The first-order valence-corrected chi connectivity index (χ1v) is 6.72. The lowest BCUT2D eigenvalue weighted by Crippen LogP contribution is -2.09. The molecule has 1 rings (SSSR count). The standard InChI is InChI=1S/C14H26BN/c1-11-12(2)14(8-9-15)7-6-13(11)5-4-10-16-3/h16H,4-10,15H2,1-3H3. The molecule has 0 heterocycles. The number of rotatable bonds is 6. The van der Waals surface area contributed by atoms with Gasteiger partial charge in [-0.05, 0) is 70.7 Å². The fraction of sp³-hybridized carbons (Fsp3) is 0.714. The zero-order valence-electron chi connectivity index (χ0n) is 11.4. The van der Waals surface area contributed by atoms with Crippen LogP contribution in [0.4, 0.5) is 0 Å². The third-order valence-corrected chi connectivity index (χ3v) is 3.81. The summed E-state index contributed by atoms with van der Waals surface area (Å²) >= 11 is 0. The monoisotopic (exact) mass is 219 g/mol. The van der Waals surface area contributed by atoms with Crippen LogP contribution in [0.15, 0.2) is 22.3 Å². The van der Waals surface area contributed by atoms with Crippen LogP contribution in [0.25, 0.3) is 0 Å². The van der Waals surface area contributed by atoms with Gasteiger partial charge in [0, 0.05) is 0 Å². The van der Waals surface area contributed by atoms with Gasteiger partial charge in [-0.15, -0.1) is 0 Å². The highest BCUT2D eigenvalue weighted by atomic mass is 14.8. The average Bonchev–Trinajstić information content (AvgIpc) is 2.28. The number of hydrogen-bond donors (Lipinski definition) is 1. The minimum atomic E-state index is 1.14. The van der Waals surface area contributed by atoms with Crippen molar-refractivity contribution in [3.05, 3.63) is 22.3 Å². The van der Waals surface area contributed by atoms with Crippen LogP contribution in [0.3, 0.4) is 0 Å². The van der Waals surface area contributed by atoms with Crippen LogP contribution in [0.5, 0.6) is 0 Å². The summed E-state index contributed by atoms with van der Waals surface area (Å²) in [5.74, 6) is 0. The molecule has 0 radical (unpaired) electrons. The maximum atomic E-state index is 3.23. The predicted octanol–water partition coefficient (Wildman–Crippen LogP) is 2.85. The van der Waals surface area contributed by atoms with E-state index in [0.717, 1.165) is 6.54 Å². The normalized spacial score (nSPS) is 17.2. The summed E-state index contributed by atoms with van der Waals surface area (Å²) in [6, 6.07) is 0. The molecular formula is C14H26BN. The molecule has 2 heteroatoms. The Hall–Kier alpha value is -0.495. The van der Waals surface area contributed by atoms with Crippen molar-refractivity contribution >= 4 is 7.85 Å². The minimum Gasteiger partial charge on any atom is -0.320 e. The van der Waals surface area contributed by atoms with Crippen molar-refractivity contribution in [2.24, 2.45) is 0 Å². The Morgan fingerprint density at radius 3 is 2.12 bits per heavy atom. The van der Waals surface area contributed by atoms with Crippen molar-refractivity contribution in [3.63, 3.8) is 0 Å². The van der Waals surface area contributed by atoms with E-state index < -0.39 is 0 Å². The summed E-state index contributed by atoms with van der Waals surface area (Å²) in [5.41, 5.74) is 6.59. The molecule has 0 fully saturated rings. The van der Waals surface area contributed by atoms with Gasteiger partial charge in [-0.25, -0.2) is 0 Å². The second-order valence-electron chi connectivity index (χ2n) is 4.91. The van der Waals surface area contributed by atoms with E-state index in [4.69, 9.17) is 0 Å². The summed E-state index contributed by atoms with van der Waals surface area (Å²) in [6.07, 6.45) is 7.76. The lowest BCUT2D eigenvalue weighted by molar-refractivity contribution is 0.686. The topological polar surface area (TPSA) is 12.0 Å². The molecule has 0 aliphatic heterocycles. The van der Waals surface area contributed by atoms with Gasteiger partial charge in [0.2, 0.25) is 0 Å². The fourth-order valence-electron chi connectivity index (χ4n) is 2.61. The quantitative estimate of drug-likeness (QED) is 0.535. The van der Waals surface area contributed by atoms with Gasteiger partial charge in [-0.2, -0.15) is 0 Å². The van der Waals surface area contributed by atoms with Crippen molar-refractivity contribution in [3.8, 4) is 0 Å². The largest absolute Gasteiger partial charge is 0.320 e. The maximum absolute atomic E-state index is 3.23. The van der Waals surface area contributed by atoms with Gasteiger partial charge in [0.15, 0.2) is 0 Å². The van der Waals surface area contributed by atoms with E-state index in [9.17, 15) is 0 Å². The van der Waals surface area contributed by atoms with E-state index >= 15 is 0 Å². The Labute approximate surface area is 102 Å². The van der Waals surface area contributed by atoms with E-state index in [1.54, 1.807) is 22.3 Å². The van der Waals surface area contributed by atoms with Crippen molar-refractivity contribution in [1.82, 2.24) is 5.32 Å². The molecule has 0 bridgehead atoms. The van der Waals surface area contributed by atoms with E-state index in [1.165, 1.54) is 38.4 Å². The molecule has 0 spiro atoms. The van der Waals surface area contributed by atoms with Gasteiger partial charge >= 0.3 is 0 Å². The summed E-state index contributed by atoms with van der Waals surface area (Å²) in [6.45, 7) is 5.78. The first kappa shape index (κ1) is 13.6. The summed E-state index contributed by atoms with van der Waals surface area (Å²) in [5, 5.41) is 3.23.